The van der Waals surface area contributed by atoms with Crippen LogP contribution in [0.15, 0.2) is 16.7 Å². The molecule has 112 valence electrons. The van der Waals surface area contributed by atoms with Crippen molar-refractivity contribution in [3.8, 4) is 0 Å². The van der Waals surface area contributed by atoms with Crippen molar-refractivity contribution in [2.45, 2.75) is 26.2 Å². The lowest BCUT2D eigenvalue weighted by molar-refractivity contribution is 0.252. The number of piperazine rings is 1. The first-order valence-electron chi connectivity index (χ1n) is 7.50. The molecule has 1 saturated heterocycles. The van der Waals surface area contributed by atoms with Crippen LogP contribution >= 0.6 is 15.9 Å². The molecule has 0 saturated carbocycles. The van der Waals surface area contributed by atoms with Gasteiger partial charge in [-0.15, -0.1) is 0 Å². The van der Waals surface area contributed by atoms with Gasteiger partial charge in [0.25, 0.3) is 0 Å². The molecule has 0 radical (unpaired) electrons. The van der Waals surface area contributed by atoms with Gasteiger partial charge in [0, 0.05) is 36.8 Å². The van der Waals surface area contributed by atoms with E-state index in [9.17, 15) is 0 Å². The molecule has 2 heterocycles. The number of rotatable bonds is 6. The summed E-state index contributed by atoms with van der Waals surface area (Å²) in [6.45, 7) is 8.59. The predicted octanol–water partition coefficient (Wildman–Crippen LogP) is 2.40. The summed E-state index contributed by atoms with van der Waals surface area (Å²) in [4.78, 5) is 9.52. The average molecular weight is 341 g/mol. The molecule has 4 nitrogen and oxygen atoms in total. The maximum atomic E-state index is 5.52. The van der Waals surface area contributed by atoms with Crippen molar-refractivity contribution in [1.29, 1.82) is 0 Å². The first-order valence-corrected chi connectivity index (χ1v) is 8.29. The van der Waals surface area contributed by atoms with Crippen LogP contribution in [0.4, 0.5) is 5.82 Å². The molecule has 1 aromatic heterocycles. The molecule has 0 unspecified atom stereocenters. The van der Waals surface area contributed by atoms with Gasteiger partial charge in [0.15, 0.2) is 0 Å². The number of hydrogen-bond acceptors (Lipinski definition) is 4. The van der Waals surface area contributed by atoms with E-state index in [2.05, 4.69) is 43.7 Å². The van der Waals surface area contributed by atoms with Crippen LogP contribution in [0.2, 0.25) is 0 Å². The largest absolute Gasteiger partial charge is 0.354 e. The fourth-order valence-electron chi connectivity index (χ4n) is 2.70. The maximum absolute atomic E-state index is 5.52. The molecule has 0 atom stereocenters. The highest BCUT2D eigenvalue weighted by Gasteiger charge is 2.18. The molecule has 1 aliphatic rings. The lowest BCUT2D eigenvalue weighted by Crippen LogP contribution is -2.47. The molecule has 1 fully saturated rings. The van der Waals surface area contributed by atoms with Crippen molar-refractivity contribution in [2.24, 2.45) is 5.73 Å². The number of aryl methyl sites for hydroxylation is 1. The average Bonchev–Trinajstić information content (AvgIpc) is 2.45. The summed E-state index contributed by atoms with van der Waals surface area (Å²) in [5.74, 6) is 1.14. The molecule has 0 spiro atoms. The fourth-order valence-corrected chi connectivity index (χ4v) is 3.15. The van der Waals surface area contributed by atoms with Crippen LogP contribution in [0.25, 0.3) is 0 Å². The van der Waals surface area contributed by atoms with Crippen molar-refractivity contribution in [2.75, 3.05) is 44.2 Å². The molecule has 0 amide bonds. The Morgan fingerprint density at radius 2 is 1.95 bits per heavy atom. The summed E-state index contributed by atoms with van der Waals surface area (Å²) < 4.78 is 1.05. The number of aromatic nitrogens is 1. The number of hydrogen-bond donors (Lipinski definition) is 1. The minimum atomic E-state index is 0.822. The Morgan fingerprint density at radius 3 is 2.60 bits per heavy atom. The summed E-state index contributed by atoms with van der Waals surface area (Å²) in [7, 11) is 0. The molecule has 1 aliphatic heterocycles. The van der Waals surface area contributed by atoms with Crippen molar-refractivity contribution < 1.29 is 0 Å². The van der Waals surface area contributed by atoms with Crippen LogP contribution in [-0.4, -0.2) is 49.2 Å². The van der Waals surface area contributed by atoms with Gasteiger partial charge in [-0.2, -0.15) is 0 Å². The summed E-state index contributed by atoms with van der Waals surface area (Å²) >= 11 is 3.47. The number of unbranched alkanes of at least 4 members (excludes halogenated alkanes) is 2. The van der Waals surface area contributed by atoms with Gasteiger partial charge >= 0.3 is 0 Å². The van der Waals surface area contributed by atoms with Crippen molar-refractivity contribution in [3.05, 3.63) is 22.3 Å². The highest BCUT2D eigenvalue weighted by Crippen LogP contribution is 2.21. The lowest BCUT2D eigenvalue weighted by Gasteiger charge is -2.36. The number of halogens is 1. The molecule has 2 N–H and O–H groups in total. The third-order valence-electron chi connectivity index (χ3n) is 3.87. The third kappa shape index (κ3) is 4.43. The molecule has 2 rings (SSSR count). The quantitative estimate of drug-likeness (QED) is 0.807. The first-order chi connectivity index (χ1) is 9.70. The van der Waals surface area contributed by atoms with Crippen LogP contribution in [0, 0.1) is 6.92 Å². The summed E-state index contributed by atoms with van der Waals surface area (Å²) in [6, 6.07) is 2.14. The van der Waals surface area contributed by atoms with Gasteiger partial charge in [0.2, 0.25) is 0 Å². The summed E-state index contributed by atoms with van der Waals surface area (Å²) in [5, 5.41) is 0. The van der Waals surface area contributed by atoms with Gasteiger partial charge in [-0.25, -0.2) is 4.98 Å². The normalized spacial score (nSPS) is 16.6. The zero-order valence-corrected chi connectivity index (χ0v) is 13.9. The molecular weight excluding hydrogens is 316 g/mol. The van der Waals surface area contributed by atoms with E-state index >= 15 is 0 Å². The highest BCUT2D eigenvalue weighted by atomic mass is 79.9. The molecule has 1 aromatic rings. The molecule has 0 aromatic carbocycles. The lowest BCUT2D eigenvalue weighted by atomic mass is 10.2. The summed E-state index contributed by atoms with van der Waals surface area (Å²) in [5.41, 5.74) is 6.77. The van der Waals surface area contributed by atoms with E-state index in [0.29, 0.717) is 0 Å². The monoisotopic (exact) mass is 340 g/mol. The van der Waals surface area contributed by atoms with Gasteiger partial charge in [-0.3, -0.25) is 4.90 Å². The van der Waals surface area contributed by atoms with Gasteiger partial charge in [0.1, 0.15) is 5.82 Å². The molecule has 0 bridgehead atoms. The SMILES string of the molecule is Cc1cc(Br)cnc1N1CCN(CCCCCN)CC1. The third-order valence-corrected chi connectivity index (χ3v) is 4.30. The molecular formula is C15H25BrN4. The maximum Gasteiger partial charge on any atom is 0.131 e. The van der Waals surface area contributed by atoms with E-state index in [1.807, 2.05) is 6.20 Å². The molecule has 20 heavy (non-hydrogen) atoms. The second-order valence-corrected chi connectivity index (χ2v) is 6.39. The Morgan fingerprint density at radius 1 is 1.20 bits per heavy atom. The van der Waals surface area contributed by atoms with E-state index in [1.165, 1.54) is 24.9 Å². The van der Waals surface area contributed by atoms with Crippen molar-refractivity contribution in [3.63, 3.8) is 0 Å². The Balaban J connectivity index is 1.79. The Labute approximate surface area is 130 Å². The van der Waals surface area contributed by atoms with Crippen LogP contribution in [-0.2, 0) is 0 Å². The predicted molar refractivity (Wildman–Crippen MR) is 88.2 cm³/mol. The van der Waals surface area contributed by atoms with Crippen LogP contribution in [0.1, 0.15) is 24.8 Å². The number of anilines is 1. The van der Waals surface area contributed by atoms with E-state index in [-0.39, 0.29) is 0 Å². The van der Waals surface area contributed by atoms with E-state index in [1.54, 1.807) is 0 Å². The zero-order chi connectivity index (χ0) is 14.4. The van der Waals surface area contributed by atoms with Gasteiger partial charge < -0.3 is 10.6 Å². The number of nitrogens with zero attached hydrogens (tertiary/aromatic N) is 3. The van der Waals surface area contributed by atoms with Crippen LogP contribution in [0.3, 0.4) is 0 Å². The van der Waals surface area contributed by atoms with Gasteiger partial charge in [0.05, 0.1) is 0 Å². The van der Waals surface area contributed by atoms with Crippen molar-refractivity contribution in [1.82, 2.24) is 9.88 Å². The minimum absolute atomic E-state index is 0.822. The van der Waals surface area contributed by atoms with E-state index in [4.69, 9.17) is 5.73 Å². The smallest absolute Gasteiger partial charge is 0.131 e. The second-order valence-electron chi connectivity index (χ2n) is 5.47. The van der Waals surface area contributed by atoms with Crippen LogP contribution < -0.4 is 10.6 Å². The Hall–Kier alpha value is -0.650. The molecule has 0 aliphatic carbocycles. The standard InChI is InChI=1S/C15H25BrN4/c1-13-11-14(16)12-18-15(13)20-9-7-19(8-10-20)6-4-2-3-5-17/h11-12H,2-10,17H2,1H3. The van der Waals surface area contributed by atoms with Gasteiger partial charge in [-0.1, -0.05) is 6.42 Å². The van der Waals surface area contributed by atoms with E-state index < -0.39 is 0 Å². The van der Waals surface area contributed by atoms with E-state index in [0.717, 1.165) is 49.4 Å². The topological polar surface area (TPSA) is 45.4 Å². The second kappa shape index (κ2) is 7.96. The fraction of sp³-hybridized carbons (Fsp3) is 0.667. The van der Waals surface area contributed by atoms with Gasteiger partial charge in [-0.05, 0) is 60.4 Å². The first kappa shape index (κ1) is 15.7. The Kier molecular flexibility index (Phi) is 6.26. The number of nitrogens with two attached hydrogens (primary N) is 1. The Bertz CT molecular complexity index is 416. The zero-order valence-electron chi connectivity index (χ0n) is 12.3. The number of pyridine rings is 1. The summed E-state index contributed by atoms with van der Waals surface area (Å²) in [6.07, 6.45) is 5.57. The highest BCUT2D eigenvalue weighted by molar-refractivity contribution is 9.10. The van der Waals surface area contributed by atoms with Crippen LogP contribution in [0.5, 0.6) is 0 Å². The minimum Gasteiger partial charge on any atom is -0.354 e. The van der Waals surface area contributed by atoms with Crippen molar-refractivity contribution >= 4 is 21.7 Å². The molecule has 5 heteroatoms.